The topological polar surface area (TPSA) is 279 Å². The van der Waals surface area contributed by atoms with Gasteiger partial charge in [0.1, 0.15) is 19.0 Å². The van der Waals surface area contributed by atoms with E-state index in [9.17, 15) is 40.3 Å². The number of azide groups is 1. The van der Waals surface area contributed by atoms with Crippen LogP contribution in [0.1, 0.15) is 112 Å². The molecule has 3 atom stereocenters. The van der Waals surface area contributed by atoms with Crippen molar-refractivity contribution in [2.24, 2.45) is 11.0 Å². The molecule has 0 aliphatic carbocycles. The van der Waals surface area contributed by atoms with Gasteiger partial charge >= 0.3 is 0 Å². The number of rotatable bonds is 32. The average molecular weight is 1160 g/mol. The molecule has 440 valence electrons. The van der Waals surface area contributed by atoms with E-state index in [2.05, 4.69) is 105 Å². The SMILES string of the molecule is Cc1ccc2c(c1)C(C)(CCCCCC(=O)NCCNC(=O)c1cccc(OCC(N=[N+]=[N-])OCCOCC(=O)NCC#CC(C)C)c1)/C(=C/C=C/C=C/C1N(CCCS(=O)(=O)O)c3ccc(C)cc3C1(C)C)N2CCCS(=O)(=O)O. The first kappa shape index (κ1) is 65.1. The summed E-state index contributed by atoms with van der Waals surface area (Å²) in [6.07, 6.45) is 12.7. The summed E-state index contributed by atoms with van der Waals surface area (Å²) < 4.78 is 82.7. The molecule has 0 radical (unpaired) electrons. The van der Waals surface area contributed by atoms with Crippen LogP contribution in [0.15, 0.2) is 102 Å². The molecule has 0 spiro atoms. The van der Waals surface area contributed by atoms with Gasteiger partial charge in [-0.2, -0.15) is 16.8 Å². The molecule has 0 saturated heterocycles. The molecular formula is C59H80N8O12S2. The third-order valence-electron chi connectivity index (χ3n) is 14.0. The van der Waals surface area contributed by atoms with Crippen LogP contribution in [-0.4, -0.2) is 127 Å². The average Bonchev–Trinajstić information content (AvgIpc) is 3.71. The number of ether oxygens (including phenoxy) is 3. The Morgan fingerprint density at radius 1 is 0.815 bits per heavy atom. The molecule has 20 nitrogen and oxygen atoms in total. The van der Waals surface area contributed by atoms with Crippen LogP contribution in [0.4, 0.5) is 11.4 Å². The number of nitrogens with one attached hydrogen (secondary N) is 3. The highest BCUT2D eigenvalue weighted by Gasteiger charge is 2.44. The van der Waals surface area contributed by atoms with Gasteiger partial charge in [0.2, 0.25) is 11.8 Å². The monoisotopic (exact) mass is 1160 g/mol. The maximum absolute atomic E-state index is 13.0. The van der Waals surface area contributed by atoms with Gasteiger partial charge in [-0.05, 0) is 99.5 Å². The number of anilines is 2. The Kier molecular flexibility index (Phi) is 24.9. The Bertz CT molecular complexity index is 3090. The van der Waals surface area contributed by atoms with Crippen molar-refractivity contribution in [3.05, 3.63) is 135 Å². The Balaban J connectivity index is 1.12. The summed E-state index contributed by atoms with van der Waals surface area (Å²) in [5, 5.41) is 11.9. The van der Waals surface area contributed by atoms with E-state index < -0.39 is 31.9 Å². The Morgan fingerprint density at radius 3 is 2.21 bits per heavy atom. The van der Waals surface area contributed by atoms with Crippen molar-refractivity contribution >= 4 is 49.3 Å². The van der Waals surface area contributed by atoms with Crippen LogP contribution in [0.3, 0.4) is 0 Å². The summed E-state index contributed by atoms with van der Waals surface area (Å²) in [5.41, 5.74) is 16.0. The zero-order valence-electron chi connectivity index (χ0n) is 47.6. The van der Waals surface area contributed by atoms with Crippen molar-refractivity contribution in [2.75, 3.05) is 80.5 Å². The number of nitrogens with zero attached hydrogens (tertiary/aromatic N) is 5. The lowest BCUT2D eigenvalue weighted by molar-refractivity contribution is -0.126. The summed E-state index contributed by atoms with van der Waals surface area (Å²) in [4.78, 5) is 45.0. The number of hydrogen-bond donors (Lipinski definition) is 5. The molecule has 3 amide bonds. The van der Waals surface area contributed by atoms with Gasteiger partial charge in [-0.15, -0.1) is 0 Å². The van der Waals surface area contributed by atoms with Gasteiger partial charge in [0.05, 0.1) is 37.3 Å². The molecule has 2 heterocycles. The number of carbonyl (C=O) groups is 3. The van der Waals surface area contributed by atoms with Gasteiger partial charge in [0.15, 0.2) is 6.23 Å². The van der Waals surface area contributed by atoms with Crippen LogP contribution in [0.2, 0.25) is 0 Å². The van der Waals surface area contributed by atoms with E-state index in [1.54, 1.807) is 18.2 Å². The number of allylic oxidation sites excluding steroid dienone is 5. The molecule has 3 unspecified atom stereocenters. The summed E-state index contributed by atoms with van der Waals surface area (Å²) in [7, 11) is -8.31. The van der Waals surface area contributed by atoms with E-state index in [0.717, 1.165) is 58.6 Å². The molecule has 0 saturated carbocycles. The van der Waals surface area contributed by atoms with Gasteiger partial charge < -0.3 is 40.0 Å². The summed E-state index contributed by atoms with van der Waals surface area (Å²) in [6.45, 7) is 15.7. The van der Waals surface area contributed by atoms with Gasteiger partial charge in [0.25, 0.3) is 26.1 Å². The largest absolute Gasteiger partial charge is 0.491 e. The lowest BCUT2D eigenvalue weighted by Crippen LogP contribution is -2.40. The molecule has 5 N–H and O–H groups in total. The number of hydrogen-bond acceptors (Lipinski definition) is 13. The smallest absolute Gasteiger partial charge is 0.264 e. The first-order valence-corrected chi connectivity index (χ1v) is 30.6. The molecule has 3 aromatic carbocycles. The minimum absolute atomic E-state index is 0.0268. The van der Waals surface area contributed by atoms with Crippen molar-refractivity contribution in [3.63, 3.8) is 0 Å². The number of amides is 3. The third kappa shape index (κ3) is 20.7. The lowest BCUT2D eigenvalue weighted by Gasteiger charge is -2.32. The number of unbranched alkanes of at least 4 members (excludes halogenated alkanes) is 2. The third-order valence-corrected chi connectivity index (χ3v) is 15.6. The van der Waals surface area contributed by atoms with E-state index in [0.29, 0.717) is 37.2 Å². The predicted molar refractivity (Wildman–Crippen MR) is 315 cm³/mol. The second kappa shape index (κ2) is 30.9. The van der Waals surface area contributed by atoms with Crippen molar-refractivity contribution in [1.82, 2.24) is 16.0 Å². The molecule has 0 aromatic heterocycles. The molecule has 3 aromatic rings. The van der Waals surface area contributed by atoms with Crippen LogP contribution in [0.5, 0.6) is 5.75 Å². The fourth-order valence-electron chi connectivity index (χ4n) is 10.0. The molecule has 81 heavy (non-hydrogen) atoms. The highest BCUT2D eigenvalue weighted by Crippen LogP contribution is 2.51. The first-order chi connectivity index (χ1) is 38.4. The maximum Gasteiger partial charge on any atom is 0.264 e. The Hall–Kier alpha value is -6.70. The summed E-state index contributed by atoms with van der Waals surface area (Å²) >= 11 is 0. The number of carbonyl (C=O) groups excluding carboxylic acids is 3. The molecule has 5 rings (SSSR count). The normalized spacial score (nSPS) is 17.4. The second-order valence-corrected chi connectivity index (χ2v) is 24.5. The standard InChI is InChI=1S/C59H80N8O12S2/c1-43(2)18-15-29-61-55(69)41-77-34-35-78-56(64-65-60)42-79-47-20-14-19-46(40-47)57(70)63-31-30-62-54(68)23-12-9-13-28-59(7)49-39-45(4)25-27-51(49)67(33-17-37-81(74,75)76)53(59)22-11-8-10-21-52-58(5,6)48-38-44(3)24-26-50(48)66(52)32-16-36-80(71,72)73/h8,10-11,14,19-22,24-27,38-40,43,52,56H,9,12-13,16-17,23,28-37,41-42H2,1-7H3,(H,61,69)(H,62,68)(H,63,70)(H,71,72,73)(H,74,75,76)/b11-8+,21-10+,53-22-. The van der Waals surface area contributed by atoms with E-state index in [-0.39, 0.29) is 106 Å². The predicted octanol–water partition coefficient (Wildman–Crippen LogP) is 8.42. The number of benzene rings is 3. The lowest BCUT2D eigenvalue weighted by atomic mass is 9.76. The van der Waals surface area contributed by atoms with Gasteiger partial charge in [0, 0.05) is 76.9 Å². The Labute approximate surface area is 478 Å². The molecule has 2 aliphatic heterocycles. The molecule has 22 heteroatoms. The zero-order valence-corrected chi connectivity index (χ0v) is 49.3. The van der Waals surface area contributed by atoms with E-state index in [4.69, 9.17) is 19.7 Å². The Morgan fingerprint density at radius 2 is 1.51 bits per heavy atom. The van der Waals surface area contributed by atoms with Crippen molar-refractivity contribution in [1.29, 1.82) is 0 Å². The van der Waals surface area contributed by atoms with Crippen LogP contribution in [0, 0.1) is 31.6 Å². The highest BCUT2D eigenvalue weighted by molar-refractivity contribution is 7.86. The van der Waals surface area contributed by atoms with E-state index >= 15 is 0 Å². The fourth-order valence-corrected chi connectivity index (χ4v) is 11.0. The molecular weight excluding hydrogens is 1080 g/mol. The van der Waals surface area contributed by atoms with E-state index in [1.165, 1.54) is 6.07 Å². The maximum atomic E-state index is 13.0. The minimum atomic E-state index is -4.19. The quantitative estimate of drug-likeness (QED) is 0.00747. The highest BCUT2D eigenvalue weighted by atomic mass is 32.2. The molecule has 2 aliphatic rings. The summed E-state index contributed by atoms with van der Waals surface area (Å²) in [5.74, 6) is 4.78. The van der Waals surface area contributed by atoms with Crippen LogP contribution in [0.25, 0.3) is 10.4 Å². The van der Waals surface area contributed by atoms with Crippen molar-refractivity contribution < 1.29 is 54.5 Å². The number of aryl methyl sites for hydroxylation is 2. The van der Waals surface area contributed by atoms with Gasteiger partial charge in [-0.1, -0.05) is 123 Å². The van der Waals surface area contributed by atoms with E-state index in [1.807, 2.05) is 58.1 Å². The van der Waals surface area contributed by atoms with Crippen molar-refractivity contribution in [2.45, 2.75) is 117 Å². The van der Waals surface area contributed by atoms with Gasteiger partial charge in [-0.3, -0.25) is 23.5 Å². The van der Waals surface area contributed by atoms with Crippen molar-refractivity contribution in [3.8, 4) is 17.6 Å². The van der Waals surface area contributed by atoms with Crippen LogP contribution < -0.4 is 30.5 Å². The van der Waals surface area contributed by atoms with Crippen LogP contribution >= 0.6 is 0 Å². The molecule has 0 fully saturated rings. The zero-order chi connectivity index (χ0) is 59.2. The fraction of sp³-hybridized carbons (Fsp3) is 0.508. The second-order valence-electron chi connectivity index (χ2n) is 21.3. The summed E-state index contributed by atoms with van der Waals surface area (Å²) in [6, 6.07) is 18.9. The molecule has 0 bridgehead atoms. The van der Waals surface area contributed by atoms with Crippen LogP contribution in [-0.2, 0) is 50.1 Å². The van der Waals surface area contributed by atoms with Gasteiger partial charge in [-0.25, -0.2) is 0 Å². The number of fused-ring (bicyclic) bond motifs is 2. The first-order valence-electron chi connectivity index (χ1n) is 27.4. The minimum Gasteiger partial charge on any atom is -0.491 e.